The molecule has 1 aliphatic rings. The van der Waals surface area contributed by atoms with E-state index in [1.54, 1.807) is 0 Å². The van der Waals surface area contributed by atoms with Gasteiger partial charge in [-0.1, -0.05) is 133 Å². The van der Waals surface area contributed by atoms with E-state index in [1.165, 1.54) is 65.3 Å². The van der Waals surface area contributed by atoms with Gasteiger partial charge in [-0.3, -0.25) is 4.99 Å². The van der Waals surface area contributed by atoms with Crippen LogP contribution in [0, 0.1) is 0 Å². The van der Waals surface area contributed by atoms with Gasteiger partial charge in [-0.15, -0.1) is 0 Å². The summed E-state index contributed by atoms with van der Waals surface area (Å²) in [6.45, 7) is 8.98. The Morgan fingerprint density at radius 3 is 1.55 bits per heavy atom. The van der Waals surface area contributed by atoms with Crippen molar-refractivity contribution in [1.29, 1.82) is 0 Å². The molecular formula is C52H41N3. The van der Waals surface area contributed by atoms with Crippen LogP contribution >= 0.6 is 0 Å². The Morgan fingerprint density at radius 1 is 0.400 bits per heavy atom. The van der Waals surface area contributed by atoms with E-state index in [-0.39, 0.29) is 11.1 Å². The first-order chi connectivity index (χ1) is 26.8. The molecule has 3 nitrogen and oxygen atoms in total. The molecule has 55 heavy (non-hydrogen) atoms. The van der Waals surface area contributed by atoms with Gasteiger partial charge in [0.05, 0.1) is 16.8 Å². The highest BCUT2D eigenvalue weighted by molar-refractivity contribution is 6.22. The number of aromatic nitrogens is 1. The molecular weight excluding hydrogens is 667 g/mol. The first-order valence-electron chi connectivity index (χ1n) is 19.2. The number of rotatable bonds is 5. The van der Waals surface area contributed by atoms with Crippen LogP contribution in [0.2, 0.25) is 0 Å². The second-order valence-electron chi connectivity index (χ2n) is 15.8. The van der Waals surface area contributed by atoms with Crippen molar-refractivity contribution >= 4 is 54.6 Å². The van der Waals surface area contributed by atoms with Crippen molar-refractivity contribution in [2.75, 3.05) is 4.90 Å². The molecule has 0 bridgehead atoms. The second-order valence-corrected chi connectivity index (χ2v) is 15.8. The summed E-state index contributed by atoms with van der Waals surface area (Å²) in [5.41, 5.74) is 8.27. The lowest BCUT2D eigenvalue weighted by atomic mass is 9.83. The summed E-state index contributed by atoms with van der Waals surface area (Å²) in [4.78, 5) is 13.1. The molecule has 8 aromatic carbocycles. The van der Waals surface area contributed by atoms with Gasteiger partial charge < -0.3 is 4.90 Å². The van der Waals surface area contributed by atoms with Crippen molar-refractivity contribution in [3.8, 4) is 33.5 Å². The number of benzene rings is 8. The minimum Gasteiger partial charge on any atom is -0.317 e. The van der Waals surface area contributed by atoms with Crippen molar-refractivity contribution in [2.45, 2.75) is 38.8 Å². The molecule has 1 aromatic heterocycles. The van der Waals surface area contributed by atoms with Gasteiger partial charge in [0.1, 0.15) is 5.69 Å². The van der Waals surface area contributed by atoms with E-state index >= 15 is 0 Å². The number of pyridine rings is 1. The quantitative estimate of drug-likeness (QED) is 0.167. The van der Waals surface area contributed by atoms with E-state index in [4.69, 9.17) is 9.98 Å². The highest BCUT2D eigenvalue weighted by atomic mass is 15.3. The smallest absolute Gasteiger partial charge is 0.155 e. The Labute approximate surface area is 322 Å². The maximum absolute atomic E-state index is 5.39. The number of nitrogens with zero attached hydrogens (tertiary/aromatic N) is 3. The summed E-state index contributed by atoms with van der Waals surface area (Å²) in [6.07, 6.45) is 0. The van der Waals surface area contributed by atoms with Gasteiger partial charge in [0.15, 0.2) is 5.84 Å². The summed E-state index contributed by atoms with van der Waals surface area (Å²) < 4.78 is 0. The lowest BCUT2D eigenvalue weighted by Crippen LogP contribution is -2.53. The minimum atomic E-state index is -0.326. The zero-order valence-electron chi connectivity index (χ0n) is 31.6. The molecule has 0 unspecified atom stereocenters. The number of hydrogen-bond acceptors (Lipinski definition) is 3. The first kappa shape index (κ1) is 33.0. The SMILES string of the molecule is CC1(C)N=C(c2cccc(-c3ccc4c(-c5ccc6ccccc6c5)c5ccccc5c(-c5ccc6ccccc6c5)c4c3)n2)N(c2ccccc2)C1(C)C. The highest BCUT2D eigenvalue weighted by Gasteiger charge is 2.50. The predicted octanol–water partition coefficient (Wildman–Crippen LogP) is 13.5. The largest absolute Gasteiger partial charge is 0.317 e. The standard InChI is InChI=1S/C52H41N3/c1-51(2)52(3,4)55(41-19-6-5-7-20-41)50(54-51)47-24-14-23-46(53-47)38-29-30-44-45(33-38)49(40-28-26-35-16-9-11-18-37(35)32-40)43-22-13-12-21-42(43)48(44)39-27-25-34-15-8-10-17-36(34)31-39/h5-33H,1-4H3. The molecule has 3 heteroatoms. The fraction of sp³-hybridized carbons (Fsp3) is 0.115. The van der Waals surface area contributed by atoms with Crippen LogP contribution in [-0.4, -0.2) is 21.9 Å². The molecule has 0 saturated carbocycles. The van der Waals surface area contributed by atoms with Gasteiger partial charge >= 0.3 is 0 Å². The lowest BCUT2D eigenvalue weighted by molar-refractivity contribution is 0.338. The van der Waals surface area contributed by atoms with Crippen LogP contribution in [0.1, 0.15) is 33.4 Å². The van der Waals surface area contributed by atoms with Crippen LogP contribution in [-0.2, 0) is 0 Å². The number of anilines is 1. The van der Waals surface area contributed by atoms with Crippen molar-refractivity contribution in [3.63, 3.8) is 0 Å². The highest BCUT2D eigenvalue weighted by Crippen LogP contribution is 2.46. The molecule has 0 spiro atoms. The molecule has 0 amide bonds. The number of hydrogen-bond donors (Lipinski definition) is 0. The molecule has 1 aliphatic heterocycles. The van der Waals surface area contributed by atoms with Crippen LogP contribution in [0.5, 0.6) is 0 Å². The number of aliphatic imine (C=N–C) groups is 1. The van der Waals surface area contributed by atoms with Crippen LogP contribution < -0.4 is 4.90 Å². The number of fused-ring (bicyclic) bond motifs is 4. The van der Waals surface area contributed by atoms with Gasteiger partial charge in [0.25, 0.3) is 0 Å². The summed E-state index contributed by atoms with van der Waals surface area (Å²) in [6, 6.07) is 63.8. The predicted molar refractivity (Wildman–Crippen MR) is 234 cm³/mol. The van der Waals surface area contributed by atoms with Gasteiger partial charge in [-0.2, -0.15) is 0 Å². The zero-order valence-corrected chi connectivity index (χ0v) is 31.6. The zero-order chi connectivity index (χ0) is 37.3. The van der Waals surface area contributed by atoms with Gasteiger partial charge in [-0.25, -0.2) is 4.98 Å². The Bertz CT molecular complexity index is 2990. The molecule has 2 heterocycles. The van der Waals surface area contributed by atoms with E-state index in [9.17, 15) is 0 Å². The monoisotopic (exact) mass is 707 g/mol. The third-order valence-electron chi connectivity index (χ3n) is 12.0. The Balaban J connectivity index is 1.21. The van der Waals surface area contributed by atoms with Gasteiger partial charge in [-0.05, 0) is 136 Å². The van der Waals surface area contributed by atoms with E-state index in [0.717, 1.165) is 28.5 Å². The third kappa shape index (κ3) is 5.33. The molecule has 9 aromatic rings. The maximum atomic E-state index is 5.39. The topological polar surface area (TPSA) is 28.5 Å². The molecule has 264 valence electrons. The molecule has 0 atom stereocenters. The Hall–Kier alpha value is -6.58. The summed E-state index contributed by atoms with van der Waals surface area (Å²) in [7, 11) is 0. The summed E-state index contributed by atoms with van der Waals surface area (Å²) in [5, 5.41) is 9.84. The van der Waals surface area contributed by atoms with Crippen molar-refractivity contribution < 1.29 is 0 Å². The van der Waals surface area contributed by atoms with Crippen molar-refractivity contribution in [1.82, 2.24) is 4.98 Å². The first-order valence-corrected chi connectivity index (χ1v) is 19.2. The lowest BCUT2D eigenvalue weighted by Gasteiger charge is -2.41. The number of para-hydroxylation sites is 1. The van der Waals surface area contributed by atoms with E-state index in [2.05, 4.69) is 209 Å². The van der Waals surface area contributed by atoms with Crippen LogP contribution in [0.4, 0.5) is 5.69 Å². The van der Waals surface area contributed by atoms with E-state index < -0.39 is 0 Å². The van der Waals surface area contributed by atoms with Crippen molar-refractivity contribution in [3.05, 3.63) is 182 Å². The molecule has 0 radical (unpaired) electrons. The minimum absolute atomic E-state index is 0.265. The fourth-order valence-electron chi connectivity index (χ4n) is 8.55. The summed E-state index contributed by atoms with van der Waals surface area (Å²) in [5.74, 6) is 0.894. The van der Waals surface area contributed by atoms with Crippen molar-refractivity contribution in [2.24, 2.45) is 4.99 Å². The molecule has 0 N–H and O–H groups in total. The third-order valence-corrected chi connectivity index (χ3v) is 12.0. The van der Waals surface area contributed by atoms with Crippen LogP contribution in [0.3, 0.4) is 0 Å². The molecule has 0 aliphatic carbocycles. The van der Waals surface area contributed by atoms with Crippen LogP contribution in [0.25, 0.3) is 76.6 Å². The Morgan fingerprint density at radius 2 is 0.909 bits per heavy atom. The van der Waals surface area contributed by atoms with Crippen LogP contribution in [0.15, 0.2) is 181 Å². The second kappa shape index (κ2) is 12.5. The fourth-order valence-corrected chi connectivity index (χ4v) is 8.55. The van der Waals surface area contributed by atoms with Gasteiger partial charge in [0, 0.05) is 11.3 Å². The maximum Gasteiger partial charge on any atom is 0.155 e. The Kier molecular flexibility index (Phi) is 7.50. The van der Waals surface area contributed by atoms with E-state index in [1.807, 2.05) is 0 Å². The molecule has 0 fully saturated rings. The number of amidine groups is 1. The normalized spacial score (nSPS) is 14.9. The van der Waals surface area contributed by atoms with Gasteiger partial charge in [0.2, 0.25) is 0 Å². The molecule has 10 rings (SSSR count). The summed E-state index contributed by atoms with van der Waals surface area (Å²) >= 11 is 0. The van der Waals surface area contributed by atoms with E-state index in [0.29, 0.717) is 0 Å². The molecule has 0 saturated heterocycles. The average molecular weight is 708 g/mol. The average Bonchev–Trinajstić information content (AvgIpc) is 3.42.